The molecule has 3 rings (SSSR count). The van der Waals surface area contributed by atoms with Crippen LogP contribution in [-0.4, -0.2) is 27.6 Å². The fourth-order valence-corrected chi connectivity index (χ4v) is 3.66. The second kappa shape index (κ2) is 5.88. The molecule has 2 aromatic rings. The van der Waals surface area contributed by atoms with E-state index in [1.165, 1.54) is 11.3 Å². The van der Waals surface area contributed by atoms with E-state index in [4.69, 9.17) is 17.3 Å². The summed E-state index contributed by atoms with van der Waals surface area (Å²) in [5.41, 5.74) is 1.75. The maximum Gasteiger partial charge on any atom is 0.365 e. The minimum absolute atomic E-state index is 0.121. The minimum Gasteiger partial charge on any atom is -0.476 e. The Bertz CT molecular complexity index is 685. The van der Waals surface area contributed by atoms with Crippen molar-refractivity contribution in [1.82, 2.24) is 10.3 Å². The number of thiazole rings is 1. The summed E-state index contributed by atoms with van der Waals surface area (Å²) in [7, 11) is 0. The number of nitrogens with one attached hydrogen (secondary N) is 2. The zero-order valence-electron chi connectivity index (χ0n) is 11.0. The number of benzene rings is 1. The van der Waals surface area contributed by atoms with Crippen LogP contribution in [0.4, 0.5) is 5.69 Å². The van der Waals surface area contributed by atoms with E-state index in [1.807, 2.05) is 30.3 Å². The van der Waals surface area contributed by atoms with Crippen LogP contribution in [-0.2, 0) is 6.42 Å². The smallest absolute Gasteiger partial charge is 0.365 e. The summed E-state index contributed by atoms with van der Waals surface area (Å²) < 4.78 is 0. The molecule has 108 valence electrons. The predicted octanol–water partition coefficient (Wildman–Crippen LogP) is 2.47. The van der Waals surface area contributed by atoms with Crippen LogP contribution >= 0.6 is 23.6 Å². The molecule has 1 atom stereocenters. The number of rotatable bonds is 3. The lowest BCUT2D eigenvalue weighted by Crippen LogP contribution is -2.36. The molecule has 0 radical (unpaired) electrons. The van der Waals surface area contributed by atoms with Gasteiger partial charge in [0.1, 0.15) is 4.99 Å². The van der Waals surface area contributed by atoms with Crippen LogP contribution in [0.15, 0.2) is 30.3 Å². The van der Waals surface area contributed by atoms with Crippen LogP contribution in [0, 0.1) is 0 Å². The molecule has 0 bridgehead atoms. The number of anilines is 1. The Hall–Kier alpha value is -1.83. The molecule has 7 heteroatoms. The molecule has 0 saturated heterocycles. The summed E-state index contributed by atoms with van der Waals surface area (Å²) in [6, 6.07) is 9.49. The third-order valence-electron chi connectivity index (χ3n) is 3.19. The van der Waals surface area contributed by atoms with Crippen LogP contribution < -0.4 is 10.6 Å². The number of carbonyl (C=O) groups is 1. The van der Waals surface area contributed by atoms with Crippen molar-refractivity contribution in [2.75, 3.05) is 11.9 Å². The first-order valence-electron chi connectivity index (χ1n) is 6.47. The summed E-state index contributed by atoms with van der Waals surface area (Å²) in [6.45, 7) is 0.733. The molecule has 1 aliphatic heterocycles. The van der Waals surface area contributed by atoms with Crippen molar-refractivity contribution in [3.8, 4) is 0 Å². The molecule has 5 nitrogen and oxygen atoms in total. The van der Waals surface area contributed by atoms with Gasteiger partial charge in [0.05, 0.1) is 16.6 Å². The maximum atomic E-state index is 11.1. The average Bonchev–Trinajstić information content (AvgIpc) is 2.92. The normalized spacial score (nSPS) is 17.0. The van der Waals surface area contributed by atoms with Gasteiger partial charge in [-0.1, -0.05) is 30.4 Å². The van der Waals surface area contributed by atoms with Crippen molar-refractivity contribution in [3.63, 3.8) is 0 Å². The number of aromatic carboxylic acids is 1. The van der Waals surface area contributed by atoms with E-state index >= 15 is 0 Å². The second-order valence-corrected chi connectivity index (χ2v) is 6.10. The summed E-state index contributed by atoms with van der Waals surface area (Å²) >= 11 is 6.65. The fraction of sp³-hybridized carbons (Fsp3) is 0.214. The van der Waals surface area contributed by atoms with Gasteiger partial charge in [-0.2, -0.15) is 0 Å². The SMILES string of the molecule is O=C(O)c1nc2c(s1)C(C(=S)Nc1ccccc1)NCC2. The Labute approximate surface area is 131 Å². The van der Waals surface area contributed by atoms with E-state index in [0.29, 0.717) is 4.99 Å². The van der Waals surface area contributed by atoms with Crippen molar-refractivity contribution < 1.29 is 9.90 Å². The van der Waals surface area contributed by atoms with Gasteiger partial charge in [0.15, 0.2) is 0 Å². The number of hydrogen-bond donors (Lipinski definition) is 3. The maximum absolute atomic E-state index is 11.1. The summed E-state index contributed by atoms with van der Waals surface area (Å²) in [5, 5.41) is 15.7. The van der Waals surface area contributed by atoms with Crippen LogP contribution in [0.5, 0.6) is 0 Å². The number of nitrogens with zero attached hydrogens (tertiary/aromatic N) is 1. The van der Waals surface area contributed by atoms with Crippen molar-refractivity contribution in [1.29, 1.82) is 0 Å². The zero-order valence-corrected chi connectivity index (χ0v) is 12.6. The molecule has 0 fully saturated rings. The van der Waals surface area contributed by atoms with Crippen LogP contribution in [0.2, 0.25) is 0 Å². The van der Waals surface area contributed by atoms with Gasteiger partial charge >= 0.3 is 5.97 Å². The highest BCUT2D eigenvalue weighted by Crippen LogP contribution is 2.30. The molecule has 0 aliphatic carbocycles. The molecule has 1 aliphatic rings. The Morgan fingerprint density at radius 1 is 1.43 bits per heavy atom. The standard InChI is InChI=1S/C14H13N3O2S2/c18-14(19)13-17-9-6-7-15-10(11(9)21-13)12(20)16-8-4-2-1-3-5-8/h1-5,10,15H,6-7H2,(H,16,20)(H,18,19). The van der Waals surface area contributed by atoms with E-state index in [9.17, 15) is 4.79 Å². The Morgan fingerprint density at radius 2 is 2.19 bits per heavy atom. The van der Waals surface area contributed by atoms with Gasteiger partial charge in [-0.05, 0) is 12.1 Å². The summed E-state index contributed by atoms with van der Waals surface area (Å²) in [6.07, 6.45) is 0.726. The van der Waals surface area contributed by atoms with Gasteiger partial charge < -0.3 is 15.7 Å². The molecule has 2 heterocycles. The lowest BCUT2D eigenvalue weighted by molar-refractivity contribution is 0.0696. The molecule has 1 aromatic heterocycles. The largest absolute Gasteiger partial charge is 0.476 e. The fourth-order valence-electron chi connectivity index (χ4n) is 2.23. The monoisotopic (exact) mass is 319 g/mol. The van der Waals surface area contributed by atoms with Gasteiger partial charge in [-0.3, -0.25) is 0 Å². The third-order valence-corrected chi connectivity index (χ3v) is 4.67. The Kier molecular flexibility index (Phi) is 3.96. The van der Waals surface area contributed by atoms with E-state index in [1.54, 1.807) is 0 Å². The lowest BCUT2D eigenvalue weighted by atomic mass is 10.1. The van der Waals surface area contributed by atoms with Gasteiger partial charge in [0, 0.05) is 18.7 Å². The van der Waals surface area contributed by atoms with Crippen molar-refractivity contribution in [2.45, 2.75) is 12.5 Å². The molecule has 1 aromatic carbocycles. The topological polar surface area (TPSA) is 74.2 Å². The highest BCUT2D eigenvalue weighted by molar-refractivity contribution is 7.80. The van der Waals surface area contributed by atoms with Gasteiger partial charge in [-0.15, -0.1) is 11.3 Å². The quantitative estimate of drug-likeness (QED) is 0.755. The predicted molar refractivity (Wildman–Crippen MR) is 86.2 cm³/mol. The van der Waals surface area contributed by atoms with E-state index < -0.39 is 5.97 Å². The number of carboxylic acids is 1. The molecular formula is C14H13N3O2S2. The van der Waals surface area contributed by atoms with Crippen molar-refractivity contribution >= 4 is 40.2 Å². The molecule has 1 unspecified atom stereocenters. The summed E-state index contributed by atoms with van der Waals surface area (Å²) in [5.74, 6) is -0.991. The first-order chi connectivity index (χ1) is 10.1. The Balaban J connectivity index is 1.84. The zero-order chi connectivity index (χ0) is 14.8. The first-order valence-corrected chi connectivity index (χ1v) is 7.70. The molecule has 21 heavy (non-hydrogen) atoms. The second-order valence-electron chi connectivity index (χ2n) is 4.63. The Morgan fingerprint density at radius 3 is 2.90 bits per heavy atom. The first kappa shape index (κ1) is 14.1. The van der Waals surface area contributed by atoms with Crippen molar-refractivity contribution in [3.05, 3.63) is 45.9 Å². The highest BCUT2D eigenvalue weighted by Gasteiger charge is 2.28. The van der Waals surface area contributed by atoms with E-state index in [-0.39, 0.29) is 11.0 Å². The van der Waals surface area contributed by atoms with Gasteiger partial charge in [-0.25, -0.2) is 9.78 Å². The molecule has 0 saturated carbocycles. The number of aromatic nitrogens is 1. The van der Waals surface area contributed by atoms with Crippen LogP contribution in [0.25, 0.3) is 0 Å². The number of para-hydroxylation sites is 1. The van der Waals surface area contributed by atoms with E-state index in [0.717, 1.165) is 29.2 Å². The summed E-state index contributed by atoms with van der Waals surface area (Å²) in [4.78, 5) is 16.8. The lowest BCUT2D eigenvalue weighted by Gasteiger charge is -2.24. The van der Waals surface area contributed by atoms with E-state index in [2.05, 4.69) is 15.6 Å². The minimum atomic E-state index is -0.991. The third kappa shape index (κ3) is 2.94. The number of hydrogen-bond acceptors (Lipinski definition) is 5. The molecule has 0 amide bonds. The van der Waals surface area contributed by atoms with Gasteiger partial charge in [0.2, 0.25) is 5.01 Å². The van der Waals surface area contributed by atoms with Crippen molar-refractivity contribution in [2.24, 2.45) is 0 Å². The highest BCUT2D eigenvalue weighted by atomic mass is 32.1. The molecular weight excluding hydrogens is 306 g/mol. The van der Waals surface area contributed by atoms with Crippen LogP contribution in [0.3, 0.4) is 0 Å². The molecule has 3 N–H and O–H groups in total. The number of fused-ring (bicyclic) bond motifs is 1. The number of carboxylic acid groups (broad SMARTS) is 1. The molecule has 0 spiro atoms. The average molecular weight is 319 g/mol. The van der Waals surface area contributed by atoms with Gasteiger partial charge in [0.25, 0.3) is 0 Å². The van der Waals surface area contributed by atoms with Crippen LogP contribution in [0.1, 0.15) is 26.4 Å². The number of thiocarbonyl (C=S) groups is 1.